The van der Waals surface area contributed by atoms with Crippen molar-refractivity contribution in [2.45, 2.75) is 77.0 Å². The zero-order chi connectivity index (χ0) is 23.0. The Bertz CT molecular complexity index is 1070. The molecule has 3 aliphatic rings. The lowest BCUT2D eigenvalue weighted by Crippen LogP contribution is -2.60. The van der Waals surface area contributed by atoms with Crippen LogP contribution in [0.15, 0.2) is 17.0 Å². The van der Waals surface area contributed by atoms with Crippen LogP contribution < -0.4 is 0 Å². The van der Waals surface area contributed by atoms with Crippen LogP contribution in [0.3, 0.4) is 0 Å². The van der Waals surface area contributed by atoms with E-state index in [0.717, 1.165) is 32.1 Å². The Morgan fingerprint density at radius 3 is 2.32 bits per heavy atom. The first kappa shape index (κ1) is 22.5. The number of ether oxygens (including phenoxy) is 1. The first-order valence-corrected chi connectivity index (χ1v) is 12.9. The predicted octanol–water partition coefficient (Wildman–Crippen LogP) is 4.96. The minimum absolute atomic E-state index is 0.0710. The van der Waals surface area contributed by atoms with Gasteiger partial charge in [-0.1, -0.05) is 34.1 Å². The van der Waals surface area contributed by atoms with Gasteiger partial charge in [0.2, 0.25) is 0 Å². The number of carbonyl (C=O) groups is 2. The van der Waals surface area contributed by atoms with Crippen molar-refractivity contribution >= 4 is 21.6 Å². The molecule has 0 spiro atoms. The number of benzene rings is 1. The molecule has 6 heteroatoms. The summed E-state index contributed by atoms with van der Waals surface area (Å²) in [4.78, 5) is 25.1. The summed E-state index contributed by atoms with van der Waals surface area (Å²) in [5.41, 5.74) is 0.636. The number of rotatable bonds is 2. The third-order valence-corrected chi connectivity index (χ3v) is 10.8. The van der Waals surface area contributed by atoms with Gasteiger partial charge in [0.25, 0.3) is 0 Å². The van der Waals surface area contributed by atoms with Crippen molar-refractivity contribution in [3.63, 3.8) is 0 Å². The molecular weight excluding hydrogens is 412 g/mol. The molecule has 1 aromatic rings. The largest absolute Gasteiger partial charge is 0.465 e. The Morgan fingerprint density at radius 2 is 1.71 bits per heavy atom. The standard InChI is InChI=1S/C25H34O5S/c1-15(26)16-12-17(22(27)30-6)21-18(13-16)31(28,29)14-20-24(4)10-7-9-23(2,3)19(24)8-11-25(20,21)5/h12-13,19-20H,7-11,14H2,1-6H3/t19-,20+,24-,25+/m0/s1. The fraction of sp³-hybridized carbons (Fsp3) is 0.680. The molecule has 4 atom stereocenters. The number of sulfone groups is 1. The second kappa shape index (κ2) is 6.90. The van der Waals surface area contributed by atoms with Gasteiger partial charge >= 0.3 is 5.97 Å². The lowest BCUT2D eigenvalue weighted by molar-refractivity contribution is -0.0983. The van der Waals surface area contributed by atoms with E-state index in [2.05, 4.69) is 27.7 Å². The number of esters is 1. The number of Topliss-reactive ketones (excluding diaryl/α,β-unsaturated/α-hetero) is 1. The number of methoxy groups -OCH3 is 1. The van der Waals surface area contributed by atoms with Crippen LogP contribution in [0.5, 0.6) is 0 Å². The molecule has 170 valence electrons. The lowest BCUT2D eigenvalue weighted by Gasteiger charge is -2.64. The molecule has 0 N–H and O–H groups in total. The molecule has 1 aromatic carbocycles. The average Bonchev–Trinajstić information content (AvgIpc) is 2.68. The monoisotopic (exact) mass is 446 g/mol. The van der Waals surface area contributed by atoms with Gasteiger partial charge in [0.05, 0.1) is 23.3 Å². The summed E-state index contributed by atoms with van der Waals surface area (Å²) in [6.07, 6.45) is 5.09. The molecule has 1 aliphatic heterocycles. The topological polar surface area (TPSA) is 77.5 Å². The molecular formula is C25H34O5S. The third kappa shape index (κ3) is 3.12. The van der Waals surface area contributed by atoms with E-state index in [1.165, 1.54) is 26.2 Å². The second-order valence-electron chi connectivity index (χ2n) is 11.1. The van der Waals surface area contributed by atoms with Gasteiger partial charge in [-0.2, -0.15) is 0 Å². The van der Waals surface area contributed by atoms with Gasteiger partial charge in [-0.15, -0.1) is 0 Å². The molecule has 2 saturated carbocycles. The van der Waals surface area contributed by atoms with Crippen LogP contribution in [-0.4, -0.2) is 33.0 Å². The molecule has 2 fully saturated rings. The van der Waals surface area contributed by atoms with Crippen LogP contribution in [0.4, 0.5) is 0 Å². The van der Waals surface area contributed by atoms with Crippen molar-refractivity contribution < 1.29 is 22.7 Å². The fourth-order valence-electron chi connectivity index (χ4n) is 7.56. The molecule has 31 heavy (non-hydrogen) atoms. The minimum atomic E-state index is -3.66. The lowest BCUT2D eigenvalue weighted by atomic mass is 9.42. The highest BCUT2D eigenvalue weighted by molar-refractivity contribution is 7.91. The average molecular weight is 447 g/mol. The van der Waals surface area contributed by atoms with Crippen LogP contribution in [0, 0.1) is 22.7 Å². The van der Waals surface area contributed by atoms with Crippen LogP contribution >= 0.6 is 0 Å². The zero-order valence-corrected chi connectivity index (χ0v) is 20.3. The van der Waals surface area contributed by atoms with Crippen molar-refractivity contribution in [1.29, 1.82) is 0 Å². The van der Waals surface area contributed by atoms with E-state index in [4.69, 9.17) is 4.74 Å². The van der Waals surface area contributed by atoms with Crippen molar-refractivity contribution in [3.8, 4) is 0 Å². The zero-order valence-electron chi connectivity index (χ0n) is 19.5. The molecule has 0 aromatic heterocycles. The minimum Gasteiger partial charge on any atom is -0.465 e. The summed E-state index contributed by atoms with van der Waals surface area (Å²) in [5.74, 6) is -0.404. The van der Waals surface area contributed by atoms with E-state index in [1.807, 2.05) is 0 Å². The van der Waals surface area contributed by atoms with Gasteiger partial charge in [-0.05, 0) is 78.4 Å². The Kier molecular flexibility index (Phi) is 5.01. The van der Waals surface area contributed by atoms with Gasteiger partial charge in [0.1, 0.15) is 0 Å². The summed E-state index contributed by atoms with van der Waals surface area (Å²) in [6, 6.07) is 3.02. The van der Waals surface area contributed by atoms with Crippen molar-refractivity contribution in [3.05, 3.63) is 28.8 Å². The van der Waals surface area contributed by atoms with Crippen LogP contribution in [0.25, 0.3) is 0 Å². The molecule has 2 aliphatic carbocycles. The smallest absolute Gasteiger partial charge is 0.338 e. The van der Waals surface area contributed by atoms with Gasteiger partial charge in [-0.3, -0.25) is 4.79 Å². The summed E-state index contributed by atoms with van der Waals surface area (Å²) in [7, 11) is -2.36. The quantitative estimate of drug-likeness (QED) is 0.474. The third-order valence-electron chi connectivity index (χ3n) is 9.00. The number of hydrogen-bond acceptors (Lipinski definition) is 5. The Morgan fingerprint density at radius 1 is 1.03 bits per heavy atom. The fourth-order valence-corrected chi connectivity index (χ4v) is 9.88. The van der Waals surface area contributed by atoms with E-state index in [0.29, 0.717) is 11.5 Å². The molecule has 0 saturated heterocycles. The first-order chi connectivity index (χ1) is 14.3. The molecule has 0 amide bonds. The van der Waals surface area contributed by atoms with E-state index in [9.17, 15) is 18.0 Å². The summed E-state index contributed by atoms with van der Waals surface area (Å²) >= 11 is 0. The highest BCUT2D eigenvalue weighted by Gasteiger charge is 2.62. The van der Waals surface area contributed by atoms with E-state index in [-0.39, 0.29) is 44.3 Å². The normalized spacial score (nSPS) is 35.3. The maximum Gasteiger partial charge on any atom is 0.338 e. The molecule has 5 nitrogen and oxygen atoms in total. The van der Waals surface area contributed by atoms with Gasteiger partial charge < -0.3 is 4.74 Å². The van der Waals surface area contributed by atoms with Crippen molar-refractivity contribution in [2.75, 3.05) is 12.9 Å². The molecule has 0 bridgehead atoms. The Balaban J connectivity index is 2.01. The van der Waals surface area contributed by atoms with E-state index in [1.54, 1.807) is 0 Å². The SMILES string of the molecule is COC(=O)c1cc(C(C)=O)cc2c1[C@]1(C)CC[C@H]3C(C)(C)CCC[C@]3(C)[C@H]1CS2(=O)=O. The van der Waals surface area contributed by atoms with Crippen molar-refractivity contribution in [1.82, 2.24) is 0 Å². The summed E-state index contributed by atoms with van der Waals surface area (Å²) < 4.78 is 32.3. The number of carbonyl (C=O) groups excluding carboxylic acids is 2. The summed E-state index contributed by atoms with van der Waals surface area (Å²) in [6.45, 7) is 10.4. The number of hydrogen-bond donors (Lipinski definition) is 0. The van der Waals surface area contributed by atoms with Gasteiger partial charge in [0, 0.05) is 5.56 Å². The summed E-state index contributed by atoms with van der Waals surface area (Å²) in [5, 5.41) is 0. The van der Waals surface area contributed by atoms with Crippen LogP contribution in [-0.2, 0) is 20.0 Å². The van der Waals surface area contributed by atoms with Gasteiger partial charge in [-0.25, -0.2) is 13.2 Å². The van der Waals surface area contributed by atoms with Crippen LogP contribution in [0.1, 0.15) is 93.0 Å². The van der Waals surface area contributed by atoms with Crippen LogP contribution in [0.2, 0.25) is 0 Å². The Hall–Kier alpha value is -1.69. The molecule has 1 heterocycles. The number of ketones is 1. The van der Waals surface area contributed by atoms with E-state index < -0.39 is 21.2 Å². The van der Waals surface area contributed by atoms with Crippen molar-refractivity contribution in [2.24, 2.45) is 22.7 Å². The van der Waals surface area contributed by atoms with Gasteiger partial charge in [0.15, 0.2) is 15.6 Å². The Labute approximate surface area is 185 Å². The number of fused-ring (bicyclic) bond motifs is 5. The highest BCUT2D eigenvalue weighted by Crippen LogP contribution is 2.66. The highest BCUT2D eigenvalue weighted by atomic mass is 32.2. The first-order valence-electron chi connectivity index (χ1n) is 11.3. The molecule has 0 unspecified atom stereocenters. The predicted molar refractivity (Wildman–Crippen MR) is 119 cm³/mol. The second-order valence-corrected chi connectivity index (χ2v) is 13.1. The maximum absolute atomic E-state index is 13.6. The van der Waals surface area contributed by atoms with E-state index >= 15 is 0 Å². The molecule has 0 radical (unpaired) electrons. The maximum atomic E-state index is 13.6. The molecule has 4 rings (SSSR count).